The van der Waals surface area contributed by atoms with Crippen molar-refractivity contribution in [2.24, 2.45) is 5.10 Å². The molecule has 1 aromatic carbocycles. The van der Waals surface area contributed by atoms with Crippen molar-refractivity contribution >= 4 is 46.1 Å². The number of thiophene rings is 2. The first-order chi connectivity index (χ1) is 15.7. The number of hydrogen-bond acceptors (Lipinski definition) is 9. The second kappa shape index (κ2) is 9.23. The lowest BCUT2D eigenvalue weighted by Crippen LogP contribution is -2.28. The van der Waals surface area contributed by atoms with Crippen LogP contribution in [0.4, 0.5) is 0 Å². The van der Waals surface area contributed by atoms with Gasteiger partial charge in [0.2, 0.25) is 5.16 Å². The van der Waals surface area contributed by atoms with Crippen LogP contribution in [-0.2, 0) is 4.79 Å². The van der Waals surface area contributed by atoms with Gasteiger partial charge in [-0.25, -0.2) is 5.01 Å². The van der Waals surface area contributed by atoms with Crippen LogP contribution in [0.2, 0.25) is 0 Å². The maximum Gasteiger partial charge on any atom is 0.253 e. The Kier molecular flexibility index (Phi) is 6.02. The summed E-state index contributed by atoms with van der Waals surface area (Å²) in [5.74, 6) is 0.725. The summed E-state index contributed by atoms with van der Waals surface area (Å²) in [6.07, 6.45) is 0.705. The van der Waals surface area contributed by atoms with E-state index in [0.29, 0.717) is 23.0 Å². The van der Waals surface area contributed by atoms with Crippen molar-refractivity contribution in [3.05, 3.63) is 69.0 Å². The normalized spacial score (nSPS) is 15.7. The SMILES string of the molecule is COc1ccccc1-n1nnnc1SCC(=O)N1N=C(c2cccs2)CC1c1cccs1. The van der Waals surface area contributed by atoms with Crippen molar-refractivity contribution < 1.29 is 9.53 Å². The van der Waals surface area contributed by atoms with Crippen molar-refractivity contribution in [1.82, 2.24) is 25.2 Å². The van der Waals surface area contributed by atoms with Gasteiger partial charge in [-0.15, -0.1) is 27.8 Å². The molecule has 5 rings (SSSR count). The molecule has 0 spiro atoms. The van der Waals surface area contributed by atoms with Crippen LogP contribution in [0.5, 0.6) is 5.75 Å². The number of para-hydroxylation sites is 2. The zero-order chi connectivity index (χ0) is 21.9. The van der Waals surface area contributed by atoms with Gasteiger partial charge >= 0.3 is 0 Å². The van der Waals surface area contributed by atoms with Crippen molar-refractivity contribution in [2.75, 3.05) is 12.9 Å². The van der Waals surface area contributed by atoms with Crippen molar-refractivity contribution in [2.45, 2.75) is 17.6 Å². The smallest absolute Gasteiger partial charge is 0.253 e. The molecule has 0 saturated heterocycles. The second-order valence-electron chi connectivity index (χ2n) is 6.83. The number of rotatable bonds is 7. The van der Waals surface area contributed by atoms with Gasteiger partial charge in [0.25, 0.3) is 5.91 Å². The molecule has 3 aromatic heterocycles. The highest BCUT2D eigenvalue weighted by molar-refractivity contribution is 7.99. The molecule has 1 atom stereocenters. The van der Waals surface area contributed by atoms with E-state index in [2.05, 4.69) is 21.6 Å². The molecular formula is C21H18N6O2S3. The second-order valence-corrected chi connectivity index (χ2v) is 9.70. The standard InChI is InChI=1S/C21H18N6O2S3/c1-29-17-7-3-2-6-15(17)27-21(22-24-25-27)32-13-20(28)26-16(19-9-5-11-31-19)12-14(23-26)18-8-4-10-30-18/h2-11,16H,12-13H2,1H3. The van der Waals surface area contributed by atoms with E-state index in [1.165, 1.54) is 11.8 Å². The number of tetrazole rings is 1. The van der Waals surface area contributed by atoms with Crippen LogP contribution in [0.3, 0.4) is 0 Å². The maximum absolute atomic E-state index is 13.2. The van der Waals surface area contributed by atoms with Crippen LogP contribution in [0.25, 0.3) is 5.69 Å². The number of methoxy groups -OCH3 is 1. The number of hydrazone groups is 1. The Balaban J connectivity index is 1.36. The molecule has 0 fully saturated rings. The van der Waals surface area contributed by atoms with Crippen LogP contribution in [0.15, 0.2) is 69.5 Å². The number of benzene rings is 1. The van der Waals surface area contributed by atoms with E-state index in [-0.39, 0.29) is 17.7 Å². The van der Waals surface area contributed by atoms with Gasteiger partial charge in [-0.3, -0.25) is 4.79 Å². The van der Waals surface area contributed by atoms with Gasteiger partial charge in [-0.2, -0.15) is 9.78 Å². The van der Waals surface area contributed by atoms with E-state index in [0.717, 1.165) is 15.5 Å². The van der Waals surface area contributed by atoms with Crippen LogP contribution in [0.1, 0.15) is 22.2 Å². The first kappa shape index (κ1) is 20.9. The van der Waals surface area contributed by atoms with Gasteiger partial charge in [0.15, 0.2) is 0 Å². The number of carbonyl (C=O) groups excluding carboxylic acids is 1. The summed E-state index contributed by atoms with van der Waals surface area (Å²) < 4.78 is 7.00. The number of aromatic nitrogens is 4. The lowest BCUT2D eigenvalue weighted by molar-refractivity contribution is -0.130. The van der Waals surface area contributed by atoms with E-state index in [9.17, 15) is 4.79 Å². The predicted molar refractivity (Wildman–Crippen MR) is 126 cm³/mol. The van der Waals surface area contributed by atoms with Gasteiger partial charge in [0.1, 0.15) is 11.4 Å². The summed E-state index contributed by atoms with van der Waals surface area (Å²) >= 11 is 4.55. The monoisotopic (exact) mass is 482 g/mol. The molecule has 32 heavy (non-hydrogen) atoms. The fraction of sp³-hybridized carbons (Fsp3) is 0.190. The summed E-state index contributed by atoms with van der Waals surface area (Å²) in [7, 11) is 1.60. The van der Waals surface area contributed by atoms with Crippen LogP contribution >= 0.6 is 34.4 Å². The molecule has 0 saturated carbocycles. The Morgan fingerprint density at radius 3 is 2.78 bits per heavy atom. The molecule has 162 valence electrons. The number of nitrogens with zero attached hydrogens (tertiary/aromatic N) is 6. The molecule has 4 heterocycles. The molecule has 1 aliphatic rings. The first-order valence-electron chi connectivity index (χ1n) is 9.76. The number of hydrogen-bond donors (Lipinski definition) is 0. The van der Waals surface area contributed by atoms with E-state index in [4.69, 9.17) is 9.84 Å². The molecule has 1 unspecified atom stereocenters. The predicted octanol–water partition coefficient (Wildman–Crippen LogP) is 4.26. The summed E-state index contributed by atoms with van der Waals surface area (Å²) in [6.45, 7) is 0. The zero-order valence-corrected chi connectivity index (χ0v) is 19.4. The Bertz CT molecular complexity index is 1240. The van der Waals surface area contributed by atoms with Gasteiger partial charge < -0.3 is 4.74 Å². The molecule has 0 N–H and O–H groups in total. The third-order valence-electron chi connectivity index (χ3n) is 4.92. The Morgan fingerprint density at radius 2 is 2.00 bits per heavy atom. The third kappa shape index (κ3) is 4.06. The van der Waals surface area contributed by atoms with Crippen LogP contribution in [-0.4, -0.2) is 49.7 Å². The first-order valence-corrected chi connectivity index (χ1v) is 12.5. The van der Waals surface area contributed by atoms with Crippen molar-refractivity contribution in [3.8, 4) is 11.4 Å². The average molecular weight is 483 g/mol. The minimum Gasteiger partial charge on any atom is -0.494 e. The highest BCUT2D eigenvalue weighted by atomic mass is 32.2. The molecule has 0 radical (unpaired) electrons. The summed E-state index contributed by atoms with van der Waals surface area (Å²) in [6, 6.07) is 15.5. The molecule has 0 bridgehead atoms. The third-order valence-corrected chi connectivity index (χ3v) is 7.72. The number of thioether (sulfide) groups is 1. The molecule has 4 aromatic rings. The molecule has 0 aliphatic carbocycles. The quantitative estimate of drug-likeness (QED) is 0.366. The fourth-order valence-corrected chi connectivity index (χ4v) is 5.72. The van der Waals surface area contributed by atoms with E-state index < -0.39 is 0 Å². The molecule has 8 nitrogen and oxygen atoms in total. The maximum atomic E-state index is 13.2. The fourth-order valence-electron chi connectivity index (χ4n) is 3.45. The van der Waals surface area contributed by atoms with Gasteiger partial charge in [0, 0.05) is 11.3 Å². The van der Waals surface area contributed by atoms with Gasteiger partial charge in [0.05, 0.1) is 29.5 Å². The summed E-state index contributed by atoms with van der Waals surface area (Å²) in [5, 5.41) is 22.8. The Morgan fingerprint density at radius 1 is 1.16 bits per heavy atom. The lowest BCUT2D eigenvalue weighted by atomic mass is 10.1. The van der Waals surface area contributed by atoms with Crippen molar-refractivity contribution in [3.63, 3.8) is 0 Å². The largest absolute Gasteiger partial charge is 0.494 e. The number of carbonyl (C=O) groups is 1. The highest BCUT2D eigenvalue weighted by Crippen LogP contribution is 2.36. The van der Waals surface area contributed by atoms with Gasteiger partial charge in [-0.05, 0) is 45.5 Å². The topological polar surface area (TPSA) is 85.5 Å². The Hall–Kier alpha value is -3.02. The minimum absolute atomic E-state index is 0.0884. The van der Waals surface area contributed by atoms with Gasteiger partial charge in [-0.1, -0.05) is 36.0 Å². The summed E-state index contributed by atoms with van der Waals surface area (Å²) in [5.41, 5.74) is 1.65. The molecule has 1 amide bonds. The number of ether oxygens (including phenoxy) is 1. The van der Waals surface area contributed by atoms with Crippen molar-refractivity contribution in [1.29, 1.82) is 0 Å². The molecular weight excluding hydrogens is 464 g/mol. The average Bonchev–Trinajstić information content (AvgIpc) is 3.63. The van der Waals surface area contributed by atoms with Crippen LogP contribution < -0.4 is 4.74 Å². The minimum atomic E-state index is -0.0922. The zero-order valence-electron chi connectivity index (χ0n) is 17.0. The molecule has 11 heteroatoms. The van der Waals surface area contributed by atoms with E-state index in [1.54, 1.807) is 39.5 Å². The van der Waals surface area contributed by atoms with E-state index in [1.807, 2.05) is 53.2 Å². The Labute approximate surface area is 196 Å². The molecule has 1 aliphatic heterocycles. The van der Waals surface area contributed by atoms with Crippen LogP contribution in [0, 0.1) is 0 Å². The lowest BCUT2D eigenvalue weighted by Gasteiger charge is -2.20. The number of amides is 1. The van der Waals surface area contributed by atoms with E-state index >= 15 is 0 Å². The summed E-state index contributed by atoms with van der Waals surface area (Å²) in [4.78, 5) is 15.5. The highest BCUT2D eigenvalue weighted by Gasteiger charge is 2.34.